The molecule has 4 atom stereocenters. The molecule has 4 rings (SSSR count). The molecule has 0 bridgehead atoms. The molecule has 46 heavy (non-hydrogen) atoms. The molecule has 13 heteroatoms. The minimum Gasteiger partial charge on any atom is -0.508 e. The highest BCUT2D eigenvalue weighted by Gasteiger charge is 2.37. The van der Waals surface area contributed by atoms with Gasteiger partial charge in [-0.1, -0.05) is 54.6 Å². The molecule has 1 fully saturated rings. The van der Waals surface area contributed by atoms with Gasteiger partial charge in [0, 0.05) is 19.5 Å². The fourth-order valence-electron chi connectivity index (χ4n) is 5.73. The summed E-state index contributed by atoms with van der Waals surface area (Å²) < 4.78 is 0. The number of rotatable bonds is 14. The van der Waals surface area contributed by atoms with Gasteiger partial charge in [0.2, 0.25) is 17.7 Å². The van der Waals surface area contributed by atoms with E-state index in [0.29, 0.717) is 49.9 Å². The Labute approximate surface area is 266 Å². The van der Waals surface area contributed by atoms with E-state index < -0.39 is 42.0 Å². The third-order valence-corrected chi connectivity index (χ3v) is 8.04. The maximum atomic E-state index is 13.8. The quantitative estimate of drug-likeness (QED) is 0.0771. The number of aliphatic carboxylic acids is 1. The number of guanidine groups is 1. The van der Waals surface area contributed by atoms with E-state index in [2.05, 4.69) is 15.6 Å². The number of hydrogen-bond acceptors (Lipinski definition) is 7. The predicted molar refractivity (Wildman–Crippen MR) is 173 cm³/mol. The first-order valence-corrected chi connectivity index (χ1v) is 15.2. The average Bonchev–Trinajstić information content (AvgIpc) is 3.53. The van der Waals surface area contributed by atoms with Crippen molar-refractivity contribution >= 4 is 40.4 Å². The maximum Gasteiger partial charge on any atom is 0.326 e. The highest BCUT2D eigenvalue weighted by Crippen LogP contribution is 2.28. The second-order valence-corrected chi connectivity index (χ2v) is 11.4. The molecule has 3 aromatic rings. The van der Waals surface area contributed by atoms with Crippen LogP contribution >= 0.6 is 0 Å². The second-order valence-electron chi connectivity index (χ2n) is 11.4. The molecule has 13 nitrogen and oxygen atoms in total. The Hall–Kier alpha value is -5.17. The van der Waals surface area contributed by atoms with E-state index in [1.807, 2.05) is 42.5 Å². The molecule has 1 heterocycles. The summed E-state index contributed by atoms with van der Waals surface area (Å²) in [7, 11) is 0. The molecule has 0 saturated carbocycles. The number of amides is 3. The van der Waals surface area contributed by atoms with Crippen LogP contribution in [0.3, 0.4) is 0 Å². The largest absolute Gasteiger partial charge is 0.508 e. The zero-order valence-corrected chi connectivity index (χ0v) is 25.5. The summed E-state index contributed by atoms with van der Waals surface area (Å²) in [6.45, 7) is 0.704. The third-order valence-electron chi connectivity index (χ3n) is 8.04. The third kappa shape index (κ3) is 8.94. The maximum absolute atomic E-state index is 13.8. The van der Waals surface area contributed by atoms with Crippen LogP contribution in [0.4, 0.5) is 0 Å². The van der Waals surface area contributed by atoms with Crippen molar-refractivity contribution in [2.24, 2.45) is 22.2 Å². The fourth-order valence-corrected chi connectivity index (χ4v) is 5.73. The van der Waals surface area contributed by atoms with Gasteiger partial charge in [-0.2, -0.15) is 0 Å². The molecule has 10 N–H and O–H groups in total. The Morgan fingerprint density at radius 1 is 0.978 bits per heavy atom. The molecule has 3 amide bonds. The van der Waals surface area contributed by atoms with Crippen LogP contribution in [0.1, 0.15) is 49.3 Å². The number of nitrogens with zero attached hydrogens (tertiary/aromatic N) is 2. The van der Waals surface area contributed by atoms with Crippen LogP contribution in [0.5, 0.6) is 5.75 Å². The molecular formula is C33H41N7O6. The number of carboxylic acid groups (broad SMARTS) is 1. The van der Waals surface area contributed by atoms with E-state index in [0.717, 1.165) is 10.8 Å². The Bertz CT molecular complexity index is 1570. The second kappa shape index (κ2) is 15.7. The zero-order valence-electron chi connectivity index (χ0n) is 25.5. The standard InChI is InChI=1S/C33H41N7O6/c34-25(10-4-16-37-33(35)36)31(44)40-17-5-11-28(40)30(43)39-26(24-9-3-7-21-6-1-2-8-23(21)24)19-29(42)38-27(32(45)46)18-20-12-14-22(41)15-13-20/h1-3,6-9,12-15,25-28,41H,4-5,10-11,16-19,34H2,(H,38,42)(H,39,43)(H,45,46)(H4,35,36,37)/t25-,26-,27-,28-/m0/s1. The number of nitrogens with one attached hydrogen (secondary N) is 2. The van der Waals surface area contributed by atoms with Gasteiger partial charge in [-0.3, -0.25) is 19.4 Å². The van der Waals surface area contributed by atoms with Crippen LogP contribution in [-0.4, -0.2) is 76.0 Å². The first-order valence-electron chi connectivity index (χ1n) is 15.2. The lowest BCUT2D eigenvalue weighted by Gasteiger charge is -2.29. The lowest BCUT2D eigenvalue weighted by molar-refractivity contribution is -0.142. The number of carbonyl (C=O) groups excluding carboxylic acids is 3. The molecule has 0 unspecified atom stereocenters. The Morgan fingerprint density at radius 3 is 2.41 bits per heavy atom. The van der Waals surface area contributed by atoms with Gasteiger partial charge >= 0.3 is 5.97 Å². The molecule has 0 radical (unpaired) electrons. The summed E-state index contributed by atoms with van der Waals surface area (Å²) in [5.41, 5.74) is 18.2. The van der Waals surface area contributed by atoms with Crippen molar-refractivity contribution in [3.63, 3.8) is 0 Å². The van der Waals surface area contributed by atoms with Gasteiger partial charge in [0.15, 0.2) is 5.96 Å². The zero-order chi connectivity index (χ0) is 33.2. The smallest absolute Gasteiger partial charge is 0.326 e. The van der Waals surface area contributed by atoms with Crippen molar-refractivity contribution in [2.45, 2.75) is 62.7 Å². The number of carboxylic acids is 1. The predicted octanol–water partition coefficient (Wildman–Crippen LogP) is 1.28. The number of carbonyl (C=O) groups is 4. The van der Waals surface area contributed by atoms with Gasteiger partial charge in [0.1, 0.15) is 17.8 Å². The lowest BCUT2D eigenvalue weighted by Crippen LogP contribution is -2.52. The van der Waals surface area contributed by atoms with Gasteiger partial charge in [-0.05, 0) is 59.7 Å². The molecule has 1 aliphatic heterocycles. The van der Waals surface area contributed by atoms with Crippen LogP contribution in [0.2, 0.25) is 0 Å². The van der Waals surface area contributed by atoms with E-state index in [4.69, 9.17) is 17.2 Å². The highest BCUT2D eigenvalue weighted by atomic mass is 16.4. The number of phenols is 1. The summed E-state index contributed by atoms with van der Waals surface area (Å²) in [6, 6.07) is 15.5. The monoisotopic (exact) mass is 631 g/mol. The number of aromatic hydroxyl groups is 1. The summed E-state index contributed by atoms with van der Waals surface area (Å²) >= 11 is 0. The summed E-state index contributed by atoms with van der Waals surface area (Å²) in [6.07, 6.45) is 1.63. The van der Waals surface area contributed by atoms with Gasteiger partial charge in [0.05, 0.1) is 18.5 Å². The first-order chi connectivity index (χ1) is 22.0. The lowest BCUT2D eigenvalue weighted by atomic mass is 9.95. The molecular weight excluding hydrogens is 590 g/mol. The fraction of sp³-hybridized carbons (Fsp3) is 0.364. The molecule has 1 saturated heterocycles. The van der Waals surface area contributed by atoms with E-state index in [1.165, 1.54) is 17.0 Å². The number of aliphatic imine (C=N–C) groups is 1. The highest BCUT2D eigenvalue weighted by molar-refractivity contribution is 5.92. The van der Waals surface area contributed by atoms with Crippen LogP contribution in [0.25, 0.3) is 10.8 Å². The SMILES string of the molecule is NC(N)=NCCC[C@H](N)C(=O)N1CCC[C@H]1C(=O)N[C@@H](CC(=O)N[C@@H](Cc1ccc(O)cc1)C(=O)O)c1cccc2ccccc12. The van der Waals surface area contributed by atoms with E-state index in [1.54, 1.807) is 12.1 Å². The van der Waals surface area contributed by atoms with Gasteiger partial charge in [0.25, 0.3) is 0 Å². The number of likely N-dealkylation sites (tertiary alicyclic amines) is 1. The number of fused-ring (bicyclic) bond motifs is 1. The van der Waals surface area contributed by atoms with Gasteiger partial charge in [-0.15, -0.1) is 0 Å². The Kier molecular flexibility index (Phi) is 11.5. The number of phenolic OH excluding ortho intramolecular Hbond substituents is 1. The van der Waals surface area contributed by atoms with Crippen molar-refractivity contribution < 1.29 is 29.4 Å². The summed E-state index contributed by atoms with van der Waals surface area (Å²) in [5, 5.41) is 26.7. The van der Waals surface area contributed by atoms with Crippen molar-refractivity contribution in [2.75, 3.05) is 13.1 Å². The Morgan fingerprint density at radius 2 is 1.70 bits per heavy atom. The topological polar surface area (TPSA) is 226 Å². The molecule has 0 aromatic heterocycles. The van der Waals surface area contributed by atoms with Gasteiger partial charge < -0.3 is 42.9 Å². The number of hydrogen-bond donors (Lipinski definition) is 7. The van der Waals surface area contributed by atoms with Crippen LogP contribution < -0.4 is 27.8 Å². The molecule has 0 aliphatic carbocycles. The average molecular weight is 632 g/mol. The van der Waals surface area contributed by atoms with Crippen molar-refractivity contribution in [3.05, 3.63) is 77.9 Å². The van der Waals surface area contributed by atoms with Crippen LogP contribution in [0, 0.1) is 0 Å². The van der Waals surface area contributed by atoms with Crippen molar-refractivity contribution in [3.8, 4) is 5.75 Å². The minimum atomic E-state index is -1.24. The van der Waals surface area contributed by atoms with Crippen molar-refractivity contribution in [1.82, 2.24) is 15.5 Å². The summed E-state index contributed by atoms with van der Waals surface area (Å²) in [5.74, 6) is -2.57. The Balaban J connectivity index is 1.52. The first kappa shape index (κ1) is 33.7. The van der Waals surface area contributed by atoms with E-state index in [9.17, 15) is 29.4 Å². The van der Waals surface area contributed by atoms with E-state index in [-0.39, 0.29) is 30.5 Å². The van der Waals surface area contributed by atoms with Crippen molar-refractivity contribution in [1.29, 1.82) is 0 Å². The normalized spacial score (nSPS) is 16.3. The van der Waals surface area contributed by atoms with E-state index >= 15 is 0 Å². The molecule has 0 spiro atoms. The number of benzene rings is 3. The molecule has 3 aromatic carbocycles. The molecule has 1 aliphatic rings. The van der Waals surface area contributed by atoms with Gasteiger partial charge in [-0.25, -0.2) is 4.79 Å². The van der Waals surface area contributed by atoms with Crippen LogP contribution in [-0.2, 0) is 25.6 Å². The minimum absolute atomic E-state index is 0.00198. The number of nitrogens with two attached hydrogens (primary N) is 3. The van der Waals surface area contributed by atoms with Crippen LogP contribution in [0.15, 0.2) is 71.7 Å². The summed E-state index contributed by atoms with van der Waals surface area (Å²) in [4.78, 5) is 57.9. The molecule has 244 valence electrons.